The van der Waals surface area contributed by atoms with Crippen LogP contribution in [0.5, 0.6) is 0 Å². The molecule has 0 bridgehead atoms. The standard InChI is InChI=1S/C15H14FNO2S2/c16-12-6-2-4-8-15(12)21(18,19)17-13-9-10-20-14-7-3-1-5-11(13)14/h1-8,13,17H,9-10H2/t13-/m0/s1. The van der Waals surface area contributed by atoms with Crippen LogP contribution in [-0.2, 0) is 10.0 Å². The van der Waals surface area contributed by atoms with Gasteiger partial charge in [0.05, 0.1) is 0 Å². The van der Waals surface area contributed by atoms with E-state index in [-0.39, 0.29) is 10.9 Å². The van der Waals surface area contributed by atoms with Crippen molar-refractivity contribution in [2.24, 2.45) is 0 Å². The van der Waals surface area contributed by atoms with Crippen LogP contribution in [0.15, 0.2) is 58.3 Å². The second-order valence-electron chi connectivity index (χ2n) is 4.78. The predicted octanol–water partition coefficient (Wildman–Crippen LogP) is 3.34. The zero-order valence-electron chi connectivity index (χ0n) is 11.1. The van der Waals surface area contributed by atoms with E-state index in [0.29, 0.717) is 6.42 Å². The molecular formula is C15H14FNO2S2. The molecule has 0 aromatic heterocycles. The Morgan fingerprint density at radius 2 is 1.81 bits per heavy atom. The molecule has 1 aliphatic rings. The Balaban J connectivity index is 1.93. The summed E-state index contributed by atoms with van der Waals surface area (Å²) in [5, 5.41) is 0. The Bertz CT molecular complexity index is 762. The molecule has 1 aliphatic heterocycles. The molecule has 0 fully saturated rings. The van der Waals surface area contributed by atoms with Gasteiger partial charge in [0.1, 0.15) is 10.7 Å². The van der Waals surface area contributed by atoms with E-state index in [1.54, 1.807) is 11.8 Å². The fourth-order valence-corrected chi connectivity index (χ4v) is 4.83. The Morgan fingerprint density at radius 1 is 1.10 bits per heavy atom. The normalized spacial score (nSPS) is 18.2. The number of thioether (sulfide) groups is 1. The van der Waals surface area contributed by atoms with Crippen LogP contribution in [0.4, 0.5) is 4.39 Å². The lowest BCUT2D eigenvalue weighted by Gasteiger charge is -2.25. The summed E-state index contributed by atoms with van der Waals surface area (Å²) in [6.07, 6.45) is 0.690. The van der Waals surface area contributed by atoms with E-state index in [4.69, 9.17) is 0 Å². The summed E-state index contributed by atoms with van der Waals surface area (Å²) in [6, 6.07) is 12.8. The number of rotatable bonds is 3. The minimum absolute atomic E-state index is 0.305. The van der Waals surface area contributed by atoms with Gasteiger partial charge in [-0.3, -0.25) is 0 Å². The summed E-state index contributed by atoms with van der Waals surface area (Å²) >= 11 is 1.71. The molecule has 3 nitrogen and oxygen atoms in total. The van der Waals surface area contributed by atoms with Crippen molar-refractivity contribution in [2.45, 2.75) is 22.3 Å². The zero-order chi connectivity index (χ0) is 14.9. The molecule has 21 heavy (non-hydrogen) atoms. The van der Waals surface area contributed by atoms with Crippen LogP contribution in [0.25, 0.3) is 0 Å². The molecule has 0 aliphatic carbocycles. The van der Waals surface area contributed by atoms with Crippen molar-refractivity contribution >= 4 is 21.8 Å². The number of hydrogen-bond acceptors (Lipinski definition) is 3. The van der Waals surface area contributed by atoms with E-state index in [1.165, 1.54) is 18.2 Å². The average Bonchev–Trinajstić information content (AvgIpc) is 2.47. The smallest absolute Gasteiger partial charge is 0.207 e. The maximum absolute atomic E-state index is 13.7. The van der Waals surface area contributed by atoms with Crippen LogP contribution >= 0.6 is 11.8 Å². The average molecular weight is 323 g/mol. The molecule has 1 atom stereocenters. The third-order valence-electron chi connectivity index (χ3n) is 3.38. The van der Waals surface area contributed by atoms with Gasteiger partial charge in [-0.15, -0.1) is 11.8 Å². The monoisotopic (exact) mass is 323 g/mol. The summed E-state index contributed by atoms with van der Waals surface area (Å²) in [5.74, 6) is 0.102. The highest BCUT2D eigenvalue weighted by Crippen LogP contribution is 2.36. The fraction of sp³-hybridized carbons (Fsp3) is 0.200. The number of hydrogen-bond donors (Lipinski definition) is 1. The fourth-order valence-electron chi connectivity index (χ4n) is 2.38. The van der Waals surface area contributed by atoms with Gasteiger partial charge in [-0.05, 0) is 35.9 Å². The molecule has 0 radical (unpaired) electrons. The van der Waals surface area contributed by atoms with E-state index in [0.717, 1.165) is 22.3 Å². The lowest BCUT2D eigenvalue weighted by Crippen LogP contribution is -2.31. The van der Waals surface area contributed by atoms with Crippen LogP contribution < -0.4 is 4.72 Å². The lowest BCUT2D eigenvalue weighted by atomic mass is 10.1. The van der Waals surface area contributed by atoms with Crippen molar-refractivity contribution in [1.82, 2.24) is 4.72 Å². The van der Waals surface area contributed by atoms with Gasteiger partial charge in [0.15, 0.2) is 0 Å². The maximum Gasteiger partial charge on any atom is 0.244 e. The van der Waals surface area contributed by atoms with E-state index in [1.807, 2.05) is 24.3 Å². The first kappa shape index (κ1) is 14.6. The third-order valence-corrected chi connectivity index (χ3v) is 6.01. The number of fused-ring (bicyclic) bond motifs is 1. The first-order chi connectivity index (χ1) is 10.1. The molecule has 0 spiro atoms. The van der Waals surface area contributed by atoms with Gasteiger partial charge in [-0.25, -0.2) is 17.5 Å². The molecule has 1 heterocycles. The van der Waals surface area contributed by atoms with Gasteiger partial charge in [0.25, 0.3) is 0 Å². The van der Waals surface area contributed by atoms with Crippen molar-refractivity contribution in [3.63, 3.8) is 0 Å². The molecular weight excluding hydrogens is 309 g/mol. The highest BCUT2D eigenvalue weighted by molar-refractivity contribution is 7.99. The summed E-state index contributed by atoms with van der Waals surface area (Å²) in [4.78, 5) is 0.769. The van der Waals surface area contributed by atoms with Crippen LogP contribution in [0, 0.1) is 5.82 Å². The van der Waals surface area contributed by atoms with E-state index >= 15 is 0 Å². The van der Waals surface area contributed by atoms with Crippen molar-refractivity contribution in [1.29, 1.82) is 0 Å². The quantitative estimate of drug-likeness (QED) is 0.942. The summed E-state index contributed by atoms with van der Waals surface area (Å²) in [6.45, 7) is 0. The van der Waals surface area contributed by atoms with Gasteiger partial charge in [-0.2, -0.15) is 0 Å². The van der Waals surface area contributed by atoms with Gasteiger partial charge in [0, 0.05) is 10.9 Å². The van der Waals surface area contributed by atoms with Crippen molar-refractivity contribution in [2.75, 3.05) is 5.75 Å². The summed E-state index contributed by atoms with van der Waals surface area (Å²) in [7, 11) is -3.87. The van der Waals surface area contributed by atoms with Crippen molar-refractivity contribution in [3.05, 3.63) is 59.9 Å². The second-order valence-corrected chi connectivity index (χ2v) is 7.60. The first-order valence-electron chi connectivity index (χ1n) is 6.56. The molecule has 0 unspecified atom stereocenters. The molecule has 2 aromatic rings. The van der Waals surface area contributed by atoms with Gasteiger partial charge < -0.3 is 0 Å². The van der Waals surface area contributed by atoms with Gasteiger partial charge >= 0.3 is 0 Å². The van der Waals surface area contributed by atoms with Crippen LogP contribution in [0.2, 0.25) is 0 Å². The Kier molecular flexibility index (Phi) is 4.01. The molecule has 0 saturated heterocycles. The second kappa shape index (κ2) is 5.79. The first-order valence-corrected chi connectivity index (χ1v) is 9.03. The summed E-state index contributed by atoms with van der Waals surface area (Å²) < 4.78 is 41.1. The van der Waals surface area contributed by atoms with Crippen LogP contribution in [0.1, 0.15) is 18.0 Å². The minimum atomic E-state index is -3.87. The number of sulfonamides is 1. The van der Waals surface area contributed by atoms with Gasteiger partial charge in [0.2, 0.25) is 10.0 Å². The van der Waals surface area contributed by atoms with E-state index in [9.17, 15) is 12.8 Å². The Hall–Kier alpha value is -1.37. The molecule has 0 saturated carbocycles. The van der Waals surface area contributed by atoms with E-state index < -0.39 is 15.8 Å². The number of halogens is 1. The summed E-state index contributed by atoms with van der Waals surface area (Å²) in [5.41, 5.74) is 0.952. The zero-order valence-corrected chi connectivity index (χ0v) is 12.8. The molecule has 3 rings (SSSR count). The number of benzene rings is 2. The molecule has 2 aromatic carbocycles. The SMILES string of the molecule is O=S(=O)(N[C@H]1CCSc2ccccc21)c1ccccc1F. The minimum Gasteiger partial charge on any atom is -0.207 e. The van der Waals surface area contributed by atoms with Crippen LogP contribution in [0.3, 0.4) is 0 Å². The van der Waals surface area contributed by atoms with Crippen LogP contribution in [-0.4, -0.2) is 14.2 Å². The third kappa shape index (κ3) is 2.97. The van der Waals surface area contributed by atoms with E-state index in [2.05, 4.69) is 4.72 Å². The predicted molar refractivity (Wildman–Crippen MR) is 81.2 cm³/mol. The Morgan fingerprint density at radius 3 is 2.62 bits per heavy atom. The molecule has 1 N–H and O–H groups in total. The number of nitrogens with one attached hydrogen (secondary N) is 1. The largest absolute Gasteiger partial charge is 0.244 e. The highest BCUT2D eigenvalue weighted by Gasteiger charge is 2.27. The van der Waals surface area contributed by atoms with Crippen molar-refractivity contribution in [3.8, 4) is 0 Å². The lowest BCUT2D eigenvalue weighted by molar-refractivity contribution is 0.532. The topological polar surface area (TPSA) is 46.2 Å². The maximum atomic E-state index is 13.7. The molecule has 110 valence electrons. The molecule has 6 heteroatoms. The molecule has 0 amide bonds. The highest BCUT2D eigenvalue weighted by atomic mass is 32.2. The van der Waals surface area contributed by atoms with Gasteiger partial charge in [-0.1, -0.05) is 30.3 Å². The van der Waals surface area contributed by atoms with Crippen molar-refractivity contribution < 1.29 is 12.8 Å². The Labute approximate surface area is 127 Å².